The lowest BCUT2D eigenvalue weighted by Crippen LogP contribution is -2.33. The van der Waals surface area contributed by atoms with Crippen LogP contribution < -0.4 is 5.32 Å². The molecule has 16 heavy (non-hydrogen) atoms. The van der Waals surface area contributed by atoms with Crippen LogP contribution in [0.5, 0.6) is 0 Å². The largest absolute Gasteiger partial charge is 0.386 e. The molecule has 0 aliphatic rings. The van der Waals surface area contributed by atoms with E-state index >= 15 is 0 Å². The van der Waals surface area contributed by atoms with E-state index in [2.05, 4.69) is 5.32 Å². The highest BCUT2D eigenvalue weighted by Crippen LogP contribution is 2.26. The van der Waals surface area contributed by atoms with Crippen LogP contribution in [0, 0.1) is 13.8 Å². The molecule has 0 aliphatic heterocycles. The molecule has 1 rings (SSSR count). The predicted molar refractivity (Wildman–Crippen MR) is 62.2 cm³/mol. The second kappa shape index (κ2) is 5.70. The van der Waals surface area contributed by atoms with Crippen LogP contribution in [0.3, 0.4) is 0 Å². The molecule has 5 heteroatoms. The maximum absolute atomic E-state index is 12.1. The first-order valence-electron chi connectivity index (χ1n) is 5.18. The maximum atomic E-state index is 12.1. The highest BCUT2D eigenvalue weighted by atomic mass is 32.1. The summed E-state index contributed by atoms with van der Waals surface area (Å²) in [6.45, 7) is 5.84. The lowest BCUT2D eigenvalue weighted by molar-refractivity contribution is -0.00439. The van der Waals surface area contributed by atoms with Crippen LogP contribution in [-0.4, -0.2) is 24.2 Å². The molecule has 2 atom stereocenters. The molecule has 0 saturated heterocycles. The van der Waals surface area contributed by atoms with Gasteiger partial charge in [-0.3, -0.25) is 0 Å². The van der Waals surface area contributed by atoms with E-state index in [0.717, 1.165) is 5.56 Å². The van der Waals surface area contributed by atoms with Crippen LogP contribution in [0.1, 0.15) is 28.3 Å². The Balaban J connectivity index is 2.53. The molecule has 1 heterocycles. The molecule has 0 aromatic carbocycles. The van der Waals surface area contributed by atoms with Crippen LogP contribution in [-0.2, 0) is 0 Å². The van der Waals surface area contributed by atoms with E-state index in [-0.39, 0.29) is 12.6 Å². The zero-order valence-electron chi connectivity index (χ0n) is 9.63. The van der Waals surface area contributed by atoms with Gasteiger partial charge in [0.1, 0.15) is 6.10 Å². The zero-order valence-corrected chi connectivity index (χ0v) is 10.4. The number of hydrogen-bond donors (Lipinski definition) is 2. The summed E-state index contributed by atoms with van der Waals surface area (Å²) in [5.41, 5.74) is 1.11. The number of hydrogen-bond acceptors (Lipinski definition) is 3. The molecular formula is C11H17F2NOS. The number of aliphatic hydroxyl groups is 1. The zero-order chi connectivity index (χ0) is 12.3. The van der Waals surface area contributed by atoms with Crippen molar-refractivity contribution >= 4 is 11.3 Å². The fraction of sp³-hybridized carbons (Fsp3) is 0.636. The van der Waals surface area contributed by atoms with E-state index in [1.807, 2.05) is 26.8 Å². The Morgan fingerprint density at radius 2 is 2.06 bits per heavy atom. The summed E-state index contributed by atoms with van der Waals surface area (Å²) in [6, 6.07) is 2.03. The Kier molecular flexibility index (Phi) is 4.83. The SMILES string of the molecule is Cc1cc(C(C)NCC(O)C(F)F)c(C)s1. The number of alkyl halides is 2. The monoisotopic (exact) mass is 249 g/mol. The van der Waals surface area contributed by atoms with Crippen LogP contribution >= 0.6 is 11.3 Å². The van der Waals surface area contributed by atoms with Crippen molar-refractivity contribution in [1.29, 1.82) is 0 Å². The van der Waals surface area contributed by atoms with Crippen molar-refractivity contribution in [3.05, 3.63) is 21.4 Å². The van der Waals surface area contributed by atoms with Crippen LogP contribution in [0.25, 0.3) is 0 Å². The molecule has 92 valence electrons. The van der Waals surface area contributed by atoms with Crippen molar-refractivity contribution in [2.24, 2.45) is 0 Å². The third-order valence-electron chi connectivity index (χ3n) is 2.47. The van der Waals surface area contributed by atoms with Crippen molar-refractivity contribution in [2.45, 2.75) is 39.3 Å². The molecule has 2 N–H and O–H groups in total. The van der Waals surface area contributed by atoms with Crippen LogP contribution in [0.15, 0.2) is 6.07 Å². The third kappa shape index (κ3) is 3.50. The topological polar surface area (TPSA) is 32.3 Å². The van der Waals surface area contributed by atoms with E-state index in [1.54, 1.807) is 11.3 Å². The summed E-state index contributed by atoms with van der Waals surface area (Å²) in [7, 11) is 0. The number of halogens is 2. The number of aliphatic hydroxyl groups excluding tert-OH is 1. The summed E-state index contributed by atoms with van der Waals surface area (Å²) < 4.78 is 24.2. The summed E-state index contributed by atoms with van der Waals surface area (Å²) in [5.74, 6) is 0. The summed E-state index contributed by atoms with van der Waals surface area (Å²) >= 11 is 1.69. The van der Waals surface area contributed by atoms with Crippen molar-refractivity contribution in [1.82, 2.24) is 5.32 Å². The highest BCUT2D eigenvalue weighted by molar-refractivity contribution is 7.12. The van der Waals surface area contributed by atoms with E-state index < -0.39 is 12.5 Å². The predicted octanol–water partition coefficient (Wildman–Crippen LogP) is 2.64. The molecule has 1 aromatic rings. The Hall–Kier alpha value is -0.520. The van der Waals surface area contributed by atoms with E-state index in [1.165, 1.54) is 9.75 Å². The average Bonchev–Trinajstić information content (AvgIpc) is 2.53. The molecule has 0 bridgehead atoms. The Labute approximate surface area is 98.3 Å². The van der Waals surface area contributed by atoms with Gasteiger partial charge in [0.2, 0.25) is 0 Å². The van der Waals surface area contributed by atoms with Gasteiger partial charge in [0.25, 0.3) is 6.43 Å². The van der Waals surface area contributed by atoms with Gasteiger partial charge >= 0.3 is 0 Å². The molecule has 1 aromatic heterocycles. The molecule has 0 saturated carbocycles. The van der Waals surface area contributed by atoms with E-state index in [9.17, 15) is 8.78 Å². The number of rotatable bonds is 5. The first-order valence-corrected chi connectivity index (χ1v) is 6.00. The lowest BCUT2D eigenvalue weighted by atomic mass is 10.1. The first kappa shape index (κ1) is 13.5. The summed E-state index contributed by atoms with van der Waals surface area (Å²) in [4.78, 5) is 2.39. The van der Waals surface area contributed by atoms with Gasteiger partial charge in [-0.2, -0.15) is 0 Å². The van der Waals surface area contributed by atoms with Crippen LogP contribution in [0.4, 0.5) is 8.78 Å². The number of thiophene rings is 1. The van der Waals surface area contributed by atoms with Gasteiger partial charge in [-0.05, 0) is 32.4 Å². The molecule has 0 aliphatic carbocycles. The minimum Gasteiger partial charge on any atom is -0.386 e. The van der Waals surface area contributed by atoms with Crippen molar-refractivity contribution < 1.29 is 13.9 Å². The van der Waals surface area contributed by atoms with Gasteiger partial charge in [0.05, 0.1) is 0 Å². The van der Waals surface area contributed by atoms with Crippen LogP contribution in [0.2, 0.25) is 0 Å². The fourth-order valence-corrected chi connectivity index (χ4v) is 2.60. The third-order valence-corrected chi connectivity index (χ3v) is 3.45. The molecule has 0 radical (unpaired) electrons. The summed E-state index contributed by atoms with van der Waals surface area (Å²) in [6.07, 6.45) is -4.28. The van der Waals surface area contributed by atoms with E-state index in [4.69, 9.17) is 5.11 Å². The number of nitrogens with one attached hydrogen (secondary N) is 1. The normalized spacial score (nSPS) is 15.4. The minimum absolute atomic E-state index is 0.0154. The van der Waals surface area contributed by atoms with Crippen molar-refractivity contribution in [3.63, 3.8) is 0 Å². The highest BCUT2D eigenvalue weighted by Gasteiger charge is 2.18. The second-order valence-electron chi connectivity index (χ2n) is 3.90. The Bertz CT molecular complexity index is 341. The quantitative estimate of drug-likeness (QED) is 0.841. The average molecular weight is 249 g/mol. The minimum atomic E-state index is -2.69. The molecule has 0 fully saturated rings. The van der Waals surface area contributed by atoms with Crippen molar-refractivity contribution in [2.75, 3.05) is 6.54 Å². The van der Waals surface area contributed by atoms with Gasteiger partial charge in [0, 0.05) is 22.3 Å². The Morgan fingerprint density at radius 3 is 2.50 bits per heavy atom. The van der Waals surface area contributed by atoms with E-state index in [0.29, 0.717) is 0 Å². The fourth-order valence-electron chi connectivity index (χ4n) is 1.58. The maximum Gasteiger partial charge on any atom is 0.265 e. The van der Waals surface area contributed by atoms with Gasteiger partial charge < -0.3 is 10.4 Å². The Morgan fingerprint density at radius 1 is 1.44 bits per heavy atom. The number of aryl methyl sites for hydroxylation is 2. The molecule has 2 unspecified atom stereocenters. The van der Waals surface area contributed by atoms with Gasteiger partial charge in [-0.25, -0.2) is 8.78 Å². The van der Waals surface area contributed by atoms with Gasteiger partial charge in [0.15, 0.2) is 0 Å². The smallest absolute Gasteiger partial charge is 0.265 e. The second-order valence-corrected chi connectivity index (χ2v) is 5.36. The molecule has 0 spiro atoms. The van der Waals surface area contributed by atoms with Gasteiger partial charge in [-0.15, -0.1) is 11.3 Å². The molecular weight excluding hydrogens is 232 g/mol. The first-order chi connectivity index (χ1) is 7.41. The summed E-state index contributed by atoms with van der Waals surface area (Å²) in [5, 5.41) is 11.9. The van der Waals surface area contributed by atoms with Crippen molar-refractivity contribution in [3.8, 4) is 0 Å². The lowest BCUT2D eigenvalue weighted by Gasteiger charge is -2.16. The molecule has 2 nitrogen and oxygen atoms in total. The molecule has 0 amide bonds. The van der Waals surface area contributed by atoms with Gasteiger partial charge in [-0.1, -0.05) is 0 Å². The standard InChI is InChI=1S/C11H17F2NOS/c1-6-4-9(8(3)16-6)7(2)14-5-10(15)11(12)13/h4,7,10-11,14-15H,5H2,1-3H3.